The zero-order chi connectivity index (χ0) is 35.9. The molecule has 1 aromatic heterocycles. The number of amidine groups is 1. The normalized spacial score (nSPS) is 25.9. The van der Waals surface area contributed by atoms with Gasteiger partial charge in [0, 0.05) is 13.1 Å². The summed E-state index contributed by atoms with van der Waals surface area (Å²) in [4.78, 5) is 89.9. The van der Waals surface area contributed by atoms with E-state index in [1.165, 1.54) is 0 Å². The third-order valence-corrected chi connectivity index (χ3v) is 10.4. The predicted molar refractivity (Wildman–Crippen MR) is 186 cm³/mol. The molecule has 4 saturated heterocycles. The van der Waals surface area contributed by atoms with E-state index in [0.29, 0.717) is 25.5 Å². The number of aromatic amines is 1. The number of imidazole rings is 1. The average Bonchev–Trinajstić information content (AvgIpc) is 3.97. The lowest BCUT2D eigenvalue weighted by Gasteiger charge is -2.31. The number of urea groups is 2. The Morgan fingerprint density at radius 3 is 1.81 bits per heavy atom. The Bertz CT molecular complexity index is 1940. The maximum absolute atomic E-state index is 13.3. The van der Waals surface area contributed by atoms with Crippen molar-refractivity contribution in [2.45, 2.75) is 68.7 Å². The molecule has 0 bridgehead atoms. The summed E-state index contributed by atoms with van der Waals surface area (Å²) in [5.41, 5.74) is 4.93. The lowest BCUT2D eigenvalue weighted by atomic mass is 9.99. The number of rotatable bonds is 7. The Hall–Kier alpha value is -6.06. The van der Waals surface area contributed by atoms with Gasteiger partial charge in [-0.1, -0.05) is 48.5 Å². The van der Waals surface area contributed by atoms with Crippen molar-refractivity contribution in [3.05, 3.63) is 66.1 Å². The number of benzene rings is 2. The van der Waals surface area contributed by atoms with E-state index in [0.717, 1.165) is 59.5 Å². The van der Waals surface area contributed by atoms with Crippen LogP contribution in [0.1, 0.15) is 62.0 Å². The monoisotopic (exact) mass is 706 g/mol. The van der Waals surface area contributed by atoms with Crippen LogP contribution in [-0.2, 0) is 19.2 Å². The molecule has 5 aliphatic heterocycles. The first-order chi connectivity index (χ1) is 25.2. The molecule has 16 nitrogen and oxygen atoms in total. The maximum atomic E-state index is 13.3. The van der Waals surface area contributed by atoms with Crippen molar-refractivity contribution >= 4 is 41.5 Å². The summed E-state index contributed by atoms with van der Waals surface area (Å²) in [5, 5.41) is 13.0. The van der Waals surface area contributed by atoms with Gasteiger partial charge in [-0.15, -0.1) is 0 Å². The summed E-state index contributed by atoms with van der Waals surface area (Å²) in [5.74, 6) is -0.0631. The highest BCUT2D eigenvalue weighted by molar-refractivity contribution is 6.04. The third-order valence-electron chi connectivity index (χ3n) is 10.4. The van der Waals surface area contributed by atoms with Gasteiger partial charge in [-0.25, -0.2) is 14.6 Å². The summed E-state index contributed by atoms with van der Waals surface area (Å²) in [6, 6.07) is 12.8. The number of hydrogen-bond donors (Lipinski definition) is 6. The molecule has 8 amide bonds. The topological polar surface area (TPSA) is 210 Å². The standard InChI is InChI=1S/C36H38N10O6/c47-29-15-23(41-35(51)43-29)33(49)45-13-1-3-27(45)31-37-17-25(39-31)21-9-5-19(6-10-21)20-7-11-22(12-8-20)26-18-38-32(40-26)28-4-2-14-46(28)34(50)24-16-30(48)44-36(52)42-24/h5-12,17,23-24,26-28H,1-4,13-16,18H2,(H,37,39)(H,38,40)(H2,41,43,47,51)(H2,42,44,48,52)/t23-,24-,26?,27-,28-/m0/s1. The van der Waals surface area contributed by atoms with E-state index in [1.54, 1.807) is 16.0 Å². The maximum Gasteiger partial charge on any atom is 0.322 e. The van der Waals surface area contributed by atoms with Crippen LogP contribution in [0.25, 0.3) is 22.4 Å². The molecule has 5 aliphatic rings. The van der Waals surface area contributed by atoms with Gasteiger partial charge in [0.25, 0.3) is 0 Å². The largest absolute Gasteiger partial charge is 0.363 e. The Balaban J connectivity index is 0.882. The van der Waals surface area contributed by atoms with Crippen molar-refractivity contribution < 1.29 is 28.8 Å². The number of imide groups is 2. The van der Waals surface area contributed by atoms with E-state index < -0.39 is 36.0 Å². The van der Waals surface area contributed by atoms with Gasteiger partial charge in [-0.2, -0.15) is 0 Å². The van der Waals surface area contributed by atoms with Crippen LogP contribution < -0.4 is 26.6 Å². The van der Waals surface area contributed by atoms with E-state index in [4.69, 9.17) is 4.99 Å². The fourth-order valence-corrected chi connectivity index (χ4v) is 7.80. The summed E-state index contributed by atoms with van der Waals surface area (Å²) < 4.78 is 0. The van der Waals surface area contributed by atoms with Crippen LogP contribution in [-0.4, -0.2) is 99.1 Å². The second kappa shape index (κ2) is 13.6. The number of amides is 8. The molecule has 0 spiro atoms. The van der Waals surface area contributed by atoms with Gasteiger partial charge in [0.05, 0.1) is 49.4 Å². The molecular weight excluding hydrogens is 668 g/mol. The molecule has 52 heavy (non-hydrogen) atoms. The smallest absolute Gasteiger partial charge is 0.322 e. The van der Waals surface area contributed by atoms with Gasteiger partial charge < -0.3 is 30.7 Å². The highest BCUT2D eigenvalue weighted by atomic mass is 16.2. The number of carbonyl (C=O) groups excluding carboxylic acids is 6. The van der Waals surface area contributed by atoms with Crippen LogP contribution >= 0.6 is 0 Å². The SMILES string of the molecule is O=C1C[C@@H](C(=O)N2CCC[C@H]2C2=NCC(c3ccc(-c4ccc(-c5cnc([C@@H]6CCCN6C(=O)[C@@H]6CC(=O)NC(=O)N6)[nH]5)cc4)cc3)N2)NC(=O)N1. The summed E-state index contributed by atoms with van der Waals surface area (Å²) in [7, 11) is 0. The number of nitrogens with one attached hydrogen (secondary N) is 6. The average molecular weight is 707 g/mol. The number of aromatic nitrogens is 2. The molecule has 0 radical (unpaired) electrons. The zero-order valence-electron chi connectivity index (χ0n) is 28.2. The van der Waals surface area contributed by atoms with E-state index in [2.05, 4.69) is 60.8 Å². The van der Waals surface area contributed by atoms with Crippen LogP contribution in [0.15, 0.2) is 59.7 Å². The van der Waals surface area contributed by atoms with Crippen molar-refractivity contribution in [1.82, 2.24) is 46.4 Å². The minimum atomic E-state index is -0.885. The van der Waals surface area contributed by atoms with Gasteiger partial charge >= 0.3 is 12.1 Å². The van der Waals surface area contributed by atoms with E-state index in [9.17, 15) is 28.8 Å². The molecule has 0 saturated carbocycles. The zero-order valence-corrected chi connectivity index (χ0v) is 28.2. The number of aliphatic imine (C=N–C) groups is 1. The van der Waals surface area contributed by atoms with Crippen molar-refractivity contribution in [3.8, 4) is 22.4 Å². The van der Waals surface area contributed by atoms with E-state index in [-0.39, 0.29) is 42.8 Å². The highest BCUT2D eigenvalue weighted by Crippen LogP contribution is 2.33. The fourth-order valence-electron chi connectivity index (χ4n) is 7.80. The second-order valence-electron chi connectivity index (χ2n) is 13.7. The third kappa shape index (κ3) is 6.47. The van der Waals surface area contributed by atoms with Crippen LogP contribution in [0, 0.1) is 0 Å². The molecule has 6 N–H and O–H groups in total. The molecule has 8 rings (SSSR count). The van der Waals surface area contributed by atoms with Gasteiger partial charge in [0.15, 0.2) is 0 Å². The lowest BCUT2D eigenvalue weighted by molar-refractivity contribution is -0.137. The highest BCUT2D eigenvalue weighted by Gasteiger charge is 2.41. The van der Waals surface area contributed by atoms with Crippen LogP contribution in [0.3, 0.4) is 0 Å². The Kier molecular flexibility index (Phi) is 8.64. The van der Waals surface area contributed by atoms with Gasteiger partial charge in [-0.3, -0.25) is 34.8 Å². The van der Waals surface area contributed by atoms with Crippen LogP contribution in [0.2, 0.25) is 0 Å². The van der Waals surface area contributed by atoms with E-state index >= 15 is 0 Å². The fraction of sp³-hybridized carbons (Fsp3) is 0.389. The van der Waals surface area contributed by atoms with Gasteiger partial charge in [0.1, 0.15) is 23.7 Å². The number of nitrogens with zero attached hydrogens (tertiary/aromatic N) is 4. The van der Waals surface area contributed by atoms with Crippen molar-refractivity contribution in [1.29, 1.82) is 0 Å². The van der Waals surface area contributed by atoms with Crippen molar-refractivity contribution in [2.75, 3.05) is 19.6 Å². The van der Waals surface area contributed by atoms with Gasteiger partial charge in [-0.05, 0) is 47.9 Å². The quantitative estimate of drug-likeness (QED) is 0.212. The number of hydrogen-bond acceptors (Lipinski definition) is 9. The molecule has 0 aliphatic carbocycles. The minimum Gasteiger partial charge on any atom is -0.363 e. The second-order valence-corrected chi connectivity index (χ2v) is 13.7. The van der Waals surface area contributed by atoms with E-state index in [1.807, 2.05) is 24.3 Å². The summed E-state index contributed by atoms with van der Waals surface area (Å²) in [6.07, 6.45) is 4.69. The lowest BCUT2D eigenvalue weighted by Crippen LogP contribution is -2.59. The number of H-pyrrole nitrogens is 1. The summed E-state index contributed by atoms with van der Waals surface area (Å²) >= 11 is 0. The molecule has 4 fully saturated rings. The minimum absolute atomic E-state index is 0.0364. The molecular formula is C36H38N10O6. The summed E-state index contributed by atoms with van der Waals surface area (Å²) in [6.45, 7) is 1.61. The van der Waals surface area contributed by atoms with Crippen LogP contribution in [0.5, 0.6) is 0 Å². The number of likely N-dealkylation sites (tertiary alicyclic amines) is 2. The van der Waals surface area contributed by atoms with Crippen LogP contribution in [0.4, 0.5) is 9.59 Å². The predicted octanol–water partition coefficient (Wildman–Crippen LogP) is 1.64. The Morgan fingerprint density at radius 2 is 1.21 bits per heavy atom. The Labute approximate surface area is 298 Å². The first kappa shape index (κ1) is 33.1. The first-order valence-corrected chi connectivity index (χ1v) is 17.6. The van der Waals surface area contributed by atoms with Gasteiger partial charge in [0.2, 0.25) is 23.6 Å². The molecule has 6 heterocycles. The molecule has 16 heteroatoms. The number of carbonyl (C=O) groups is 6. The molecule has 268 valence electrons. The first-order valence-electron chi connectivity index (χ1n) is 17.6. The molecule has 3 aromatic rings. The van der Waals surface area contributed by atoms with Crippen molar-refractivity contribution in [3.63, 3.8) is 0 Å². The molecule has 5 atom stereocenters. The molecule has 2 aromatic carbocycles. The van der Waals surface area contributed by atoms with Crippen molar-refractivity contribution in [2.24, 2.45) is 4.99 Å². The Morgan fingerprint density at radius 1 is 0.673 bits per heavy atom. The molecule has 1 unspecified atom stereocenters.